The van der Waals surface area contributed by atoms with Crippen LogP contribution in [-0.4, -0.2) is 65.5 Å². The maximum absolute atomic E-state index is 8.04. The molecule has 1 aromatic heterocycles. The highest BCUT2D eigenvalue weighted by Crippen LogP contribution is 2.29. The third-order valence-corrected chi connectivity index (χ3v) is 6.11. The number of morpholine rings is 1. The molecule has 0 spiro atoms. The quantitative estimate of drug-likeness (QED) is 0.523. The first-order chi connectivity index (χ1) is 15.0. The van der Waals surface area contributed by atoms with Crippen LogP contribution in [-0.2, 0) is 11.3 Å². The average molecular weight is 443 g/mol. The lowest BCUT2D eigenvalue weighted by Gasteiger charge is -2.37. The van der Waals surface area contributed by atoms with Crippen LogP contribution >= 0.6 is 11.6 Å². The number of nitrogens with one attached hydrogen (secondary N) is 2. The summed E-state index contributed by atoms with van der Waals surface area (Å²) in [5.74, 6) is 1.36. The maximum atomic E-state index is 8.04. The first-order valence-corrected chi connectivity index (χ1v) is 11.4. The Morgan fingerprint density at radius 2 is 1.81 bits per heavy atom. The van der Waals surface area contributed by atoms with Crippen LogP contribution in [0.25, 0.3) is 0 Å². The summed E-state index contributed by atoms with van der Waals surface area (Å²) < 4.78 is 5.85. The van der Waals surface area contributed by atoms with E-state index in [0.29, 0.717) is 23.2 Å². The van der Waals surface area contributed by atoms with Crippen molar-refractivity contribution in [2.75, 3.05) is 36.4 Å². The fraction of sp³-hybridized carbons (Fsp3) is 0.522. The molecule has 4 rings (SSSR count). The van der Waals surface area contributed by atoms with E-state index >= 15 is 0 Å². The molecule has 0 bridgehead atoms. The van der Waals surface area contributed by atoms with Crippen molar-refractivity contribution in [2.45, 2.75) is 51.5 Å². The van der Waals surface area contributed by atoms with E-state index in [2.05, 4.69) is 69.3 Å². The van der Waals surface area contributed by atoms with Crippen LogP contribution in [0, 0.1) is 5.41 Å². The Balaban J connectivity index is 1.44. The summed E-state index contributed by atoms with van der Waals surface area (Å²) >= 11 is 6.30. The molecule has 2 atom stereocenters. The molecule has 166 valence electrons. The summed E-state index contributed by atoms with van der Waals surface area (Å²) in [7, 11) is 0. The van der Waals surface area contributed by atoms with Gasteiger partial charge in [-0.15, -0.1) is 0 Å². The minimum atomic E-state index is 0.0985. The fourth-order valence-electron chi connectivity index (χ4n) is 4.54. The highest BCUT2D eigenvalue weighted by atomic mass is 35.5. The van der Waals surface area contributed by atoms with Crippen LogP contribution in [0.2, 0.25) is 5.28 Å². The number of benzene rings is 1. The monoisotopic (exact) mass is 442 g/mol. The van der Waals surface area contributed by atoms with Gasteiger partial charge < -0.3 is 20.4 Å². The minimum Gasteiger partial charge on any atom is -0.372 e. The summed E-state index contributed by atoms with van der Waals surface area (Å²) in [6, 6.07) is 10.9. The molecule has 2 fully saturated rings. The van der Waals surface area contributed by atoms with Gasteiger partial charge in [0.15, 0.2) is 0 Å². The van der Waals surface area contributed by atoms with E-state index < -0.39 is 0 Å². The van der Waals surface area contributed by atoms with Crippen LogP contribution < -0.4 is 10.2 Å². The van der Waals surface area contributed by atoms with Crippen molar-refractivity contribution in [2.24, 2.45) is 0 Å². The second-order valence-electron chi connectivity index (χ2n) is 8.57. The van der Waals surface area contributed by atoms with Gasteiger partial charge in [0.1, 0.15) is 11.6 Å². The Hall–Kier alpha value is -2.22. The number of aromatic nitrogens is 2. The van der Waals surface area contributed by atoms with E-state index in [0.717, 1.165) is 45.6 Å². The van der Waals surface area contributed by atoms with Crippen molar-refractivity contribution >= 4 is 29.5 Å². The second kappa shape index (κ2) is 9.94. The Morgan fingerprint density at radius 3 is 2.45 bits per heavy atom. The molecule has 2 aliphatic rings. The van der Waals surface area contributed by atoms with E-state index in [9.17, 15) is 0 Å². The van der Waals surface area contributed by atoms with Crippen LogP contribution in [0.15, 0.2) is 30.3 Å². The van der Waals surface area contributed by atoms with Crippen molar-refractivity contribution in [1.29, 1.82) is 5.41 Å². The standard InChI is InChI=1S/C23H31ClN6O/c1-16-13-30(14-17(2)31-16)22-20(12-25)21(27-23(24)28-22)26-19-8-10-29(11-9-19)15-18-6-4-3-5-7-18/h3-7,12,16-17,19,25H,8-11,13-15H2,1-2H3,(H,26,27,28)/t16-,17+. The number of anilines is 2. The van der Waals surface area contributed by atoms with Gasteiger partial charge in [-0.2, -0.15) is 9.97 Å². The highest BCUT2D eigenvalue weighted by molar-refractivity contribution is 6.28. The van der Waals surface area contributed by atoms with Crippen LogP contribution in [0.3, 0.4) is 0 Å². The van der Waals surface area contributed by atoms with Crippen LogP contribution in [0.1, 0.15) is 37.8 Å². The molecule has 2 aromatic rings. The van der Waals surface area contributed by atoms with Gasteiger partial charge in [0.05, 0.1) is 17.8 Å². The molecule has 0 amide bonds. The Kier molecular flexibility index (Phi) is 7.05. The smallest absolute Gasteiger partial charge is 0.226 e. The highest BCUT2D eigenvalue weighted by Gasteiger charge is 2.28. The molecule has 8 heteroatoms. The number of piperidine rings is 1. The zero-order valence-electron chi connectivity index (χ0n) is 18.2. The van der Waals surface area contributed by atoms with Crippen molar-refractivity contribution in [3.05, 3.63) is 46.7 Å². The molecule has 0 radical (unpaired) electrons. The van der Waals surface area contributed by atoms with Crippen LogP contribution in [0.4, 0.5) is 11.6 Å². The maximum Gasteiger partial charge on any atom is 0.226 e. The van der Waals surface area contributed by atoms with E-state index in [1.54, 1.807) is 0 Å². The summed E-state index contributed by atoms with van der Waals surface area (Å²) in [6.07, 6.45) is 3.58. The molecule has 7 nitrogen and oxygen atoms in total. The zero-order chi connectivity index (χ0) is 21.8. The van der Waals surface area contributed by atoms with Gasteiger partial charge >= 0.3 is 0 Å². The average Bonchev–Trinajstić information content (AvgIpc) is 2.75. The molecule has 1 aromatic carbocycles. The van der Waals surface area contributed by atoms with E-state index in [1.807, 2.05) is 0 Å². The van der Waals surface area contributed by atoms with Crippen molar-refractivity contribution in [3.63, 3.8) is 0 Å². The largest absolute Gasteiger partial charge is 0.372 e. The molecule has 2 saturated heterocycles. The van der Waals surface area contributed by atoms with Crippen molar-refractivity contribution in [1.82, 2.24) is 14.9 Å². The van der Waals surface area contributed by atoms with Crippen molar-refractivity contribution in [3.8, 4) is 0 Å². The van der Waals surface area contributed by atoms with E-state index in [4.69, 9.17) is 21.7 Å². The molecule has 2 N–H and O–H groups in total. The molecular weight excluding hydrogens is 412 g/mol. The number of nitrogens with zero attached hydrogens (tertiary/aromatic N) is 4. The summed E-state index contributed by atoms with van der Waals surface area (Å²) in [4.78, 5) is 13.6. The lowest BCUT2D eigenvalue weighted by molar-refractivity contribution is -0.00547. The Labute approximate surface area is 189 Å². The van der Waals surface area contributed by atoms with Gasteiger partial charge in [-0.25, -0.2) is 0 Å². The summed E-state index contributed by atoms with van der Waals surface area (Å²) in [5.41, 5.74) is 2.04. The summed E-state index contributed by atoms with van der Waals surface area (Å²) in [6.45, 7) is 8.57. The van der Waals surface area contributed by atoms with Gasteiger partial charge in [0, 0.05) is 45.0 Å². The number of hydrogen-bond acceptors (Lipinski definition) is 7. The predicted molar refractivity (Wildman–Crippen MR) is 126 cm³/mol. The van der Waals surface area contributed by atoms with E-state index in [-0.39, 0.29) is 17.5 Å². The van der Waals surface area contributed by atoms with Crippen molar-refractivity contribution < 1.29 is 4.74 Å². The predicted octanol–water partition coefficient (Wildman–Crippen LogP) is 3.82. The number of ether oxygens (including phenoxy) is 1. The Morgan fingerprint density at radius 1 is 1.13 bits per heavy atom. The normalized spacial score (nSPS) is 23.0. The molecule has 0 unspecified atom stereocenters. The lowest BCUT2D eigenvalue weighted by Crippen LogP contribution is -2.46. The number of rotatable bonds is 6. The van der Waals surface area contributed by atoms with Gasteiger partial charge in [-0.3, -0.25) is 4.90 Å². The van der Waals surface area contributed by atoms with Gasteiger partial charge in [-0.05, 0) is 43.9 Å². The third kappa shape index (κ3) is 5.53. The minimum absolute atomic E-state index is 0.0985. The van der Waals surface area contributed by atoms with Gasteiger partial charge in [0.25, 0.3) is 0 Å². The van der Waals surface area contributed by atoms with Gasteiger partial charge in [0.2, 0.25) is 5.28 Å². The molecule has 0 saturated carbocycles. The van der Waals surface area contributed by atoms with Crippen LogP contribution in [0.5, 0.6) is 0 Å². The molecule has 3 heterocycles. The van der Waals surface area contributed by atoms with Gasteiger partial charge in [-0.1, -0.05) is 30.3 Å². The Bertz CT molecular complexity index is 877. The number of halogens is 1. The first-order valence-electron chi connectivity index (χ1n) is 11.0. The van der Waals surface area contributed by atoms with E-state index in [1.165, 1.54) is 11.8 Å². The SMILES string of the molecule is C[C@@H]1CN(c2nc(Cl)nc(NC3CCN(Cc4ccccc4)CC3)c2C=N)C[C@H](C)O1. The lowest BCUT2D eigenvalue weighted by atomic mass is 10.0. The molecule has 31 heavy (non-hydrogen) atoms. The zero-order valence-corrected chi connectivity index (χ0v) is 19.0. The first kappa shape index (κ1) is 22.0. The molecular formula is C23H31ClN6O. The second-order valence-corrected chi connectivity index (χ2v) is 8.90. The third-order valence-electron chi connectivity index (χ3n) is 5.94. The molecule has 2 aliphatic heterocycles. The topological polar surface area (TPSA) is 77.4 Å². The summed E-state index contributed by atoms with van der Waals surface area (Å²) in [5, 5.41) is 11.8. The number of likely N-dealkylation sites (tertiary alicyclic amines) is 1. The number of hydrogen-bond donors (Lipinski definition) is 2. The fourth-order valence-corrected chi connectivity index (χ4v) is 4.70. The molecule has 0 aliphatic carbocycles.